The quantitative estimate of drug-likeness (QED) is 0.527. The second-order valence-corrected chi connectivity index (χ2v) is 3.98. The Hall–Kier alpha value is -0.200. The maximum atomic E-state index is 8.89. The van der Waals surface area contributed by atoms with Gasteiger partial charge in [-0.1, -0.05) is 0 Å². The molecule has 88 valence electrons. The fraction of sp³-hybridized carbons (Fsp3) is 1.00. The van der Waals surface area contributed by atoms with Crippen molar-refractivity contribution in [2.24, 2.45) is 0 Å². The van der Waals surface area contributed by atoms with Crippen molar-refractivity contribution in [1.82, 2.24) is 0 Å². The number of hydrogen-bond donors (Lipinski definition) is 2. The lowest BCUT2D eigenvalue weighted by Gasteiger charge is -2.21. The van der Waals surface area contributed by atoms with E-state index in [0.29, 0.717) is 26.1 Å². The summed E-state index contributed by atoms with van der Waals surface area (Å²) in [7, 11) is 0. The van der Waals surface area contributed by atoms with Gasteiger partial charge in [-0.15, -0.1) is 0 Å². The smallest absolute Gasteiger partial charge is 0.107 e. The van der Waals surface area contributed by atoms with E-state index in [2.05, 4.69) is 0 Å². The van der Waals surface area contributed by atoms with E-state index in [1.54, 1.807) is 0 Å². The minimum atomic E-state index is -0.0595. The lowest BCUT2D eigenvalue weighted by Crippen LogP contribution is -2.31. The molecule has 15 heavy (non-hydrogen) atoms. The van der Waals surface area contributed by atoms with Crippen LogP contribution in [0, 0.1) is 0 Å². The third-order valence-electron chi connectivity index (χ3n) is 2.72. The van der Waals surface area contributed by atoms with Crippen molar-refractivity contribution < 1.29 is 24.4 Å². The Kier molecular flexibility index (Phi) is 3.93. The van der Waals surface area contributed by atoms with E-state index in [9.17, 15) is 0 Å². The molecule has 0 aliphatic carbocycles. The molecule has 2 saturated heterocycles. The van der Waals surface area contributed by atoms with Gasteiger partial charge < -0.3 is 24.4 Å². The van der Waals surface area contributed by atoms with E-state index in [0.717, 1.165) is 0 Å². The lowest BCUT2D eigenvalue weighted by atomic mass is 10.1. The van der Waals surface area contributed by atoms with Crippen LogP contribution in [-0.4, -0.2) is 61.1 Å². The van der Waals surface area contributed by atoms with Crippen molar-refractivity contribution in [3.63, 3.8) is 0 Å². The molecule has 2 rings (SSSR count). The summed E-state index contributed by atoms with van der Waals surface area (Å²) < 4.78 is 16.1. The van der Waals surface area contributed by atoms with E-state index in [1.165, 1.54) is 0 Å². The van der Waals surface area contributed by atoms with E-state index in [4.69, 9.17) is 24.4 Å². The van der Waals surface area contributed by atoms with Gasteiger partial charge in [0.05, 0.1) is 25.4 Å². The van der Waals surface area contributed by atoms with Crippen LogP contribution < -0.4 is 0 Å². The predicted molar refractivity (Wildman–Crippen MR) is 51.5 cm³/mol. The van der Waals surface area contributed by atoms with Gasteiger partial charge >= 0.3 is 0 Å². The van der Waals surface area contributed by atoms with Crippen LogP contribution in [0.2, 0.25) is 0 Å². The Balaban J connectivity index is 1.78. The van der Waals surface area contributed by atoms with Crippen LogP contribution in [0.15, 0.2) is 0 Å². The molecule has 0 spiro atoms. The minimum Gasteiger partial charge on any atom is -0.396 e. The Morgan fingerprint density at radius 2 is 1.40 bits per heavy atom. The van der Waals surface area contributed by atoms with Crippen molar-refractivity contribution >= 4 is 0 Å². The zero-order valence-corrected chi connectivity index (χ0v) is 8.67. The fourth-order valence-electron chi connectivity index (χ4n) is 1.70. The highest BCUT2D eigenvalue weighted by atomic mass is 16.6. The molecule has 0 aromatic carbocycles. The van der Waals surface area contributed by atoms with E-state index in [1.807, 2.05) is 0 Å². The monoisotopic (exact) mass is 218 g/mol. The highest BCUT2D eigenvalue weighted by Crippen LogP contribution is 2.26. The largest absolute Gasteiger partial charge is 0.396 e. The summed E-state index contributed by atoms with van der Waals surface area (Å²) in [6.45, 7) is 1.62. The molecule has 4 unspecified atom stereocenters. The van der Waals surface area contributed by atoms with Gasteiger partial charge in [0, 0.05) is 13.2 Å². The molecule has 5 heteroatoms. The highest BCUT2D eigenvalue weighted by molar-refractivity contribution is 4.85. The first-order chi connectivity index (χ1) is 7.35. The van der Waals surface area contributed by atoms with Crippen molar-refractivity contribution in [3.05, 3.63) is 0 Å². The maximum absolute atomic E-state index is 8.89. The average Bonchev–Trinajstić information content (AvgIpc) is 3.05. The second kappa shape index (κ2) is 5.23. The molecule has 2 heterocycles. The van der Waals surface area contributed by atoms with Crippen molar-refractivity contribution in [2.75, 3.05) is 26.4 Å². The summed E-state index contributed by atoms with van der Waals surface area (Å²) in [5.41, 5.74) is 0. The SMILES string of the molecule is OCCC(OC(CCO)C1CO1)C1CO1. The third-order valence-corrected chi connectivity index (χ3v) is 2.72. The number of hydrogen-bond acceptors (Lipinski definition) is 5. The number of aliphatic hydroxyl groups is 2. The van der Waals surface area contributed by atoms with Gasteiger partial charge in [0.2, 0.25) is 0 Å². The van der Waals surface area contributed by atoms with Crippen LogP contribution in [0.25, 0.3) is 0 Å². The van der Waals surface area contributed by atoms with Crippen molar-refractivity contribution in [1.29, 1.82) is 0 Å². The fourth-order valence-corrected chi connectivity index (χ4v) is 1.70. The van der Waals surface area contributed by atoms with Gasteiger partial charge in [-0.2, -0.15) is 0 Å². The topological polar surface area (TPSA) is 74.8 Å². The molecular weight excluding hydrogens is 200 g/mol. The summed E-state index contributed by atoms with van der Waals surface area (Å²) in [5, 5.41) is 17.8. The van der Waals surface area contributed by atoms with E-state index in [-0.39, 0.29) is 37.6 Å². The molecule has 2 aliphatic heterocycles. The second-order valence-electron chi connectivity index (χ2n) is 3.98. The Morgan fingerprint density at radius 1 is 1.00 bits per heavy atom. The minimum absolute atomic E-state index is 0.0595. The average molecular weight is 218 g/mol. The summed E-state index contributed by atoms with van der Waals surface area (Å²) in [4.78, 5) is 0. The summed E-state index contributed by atoms with van der Waals surface area (Å²) in [6, 6.07) is 0. The van der Waals surface area contributed by atoms with Crippen molar-refractivity contribution in [3.8, 4) is 0 Å². The summed E-state index contributed by atoms with van der Waals surface area (Å²) in [5.74, 6) is 0. The molecule has 2 fully saturated rings. The first-order valence-corrected chi connectivity index (χ1v) is 5.45. The first kappa shape index (κ1) is 11.3. The third kappa shape index (κ3) is 3.39. The first-order valence-electron chi connectivity index (χ1n) is 5.45. The van der Waals surface area contributed by atoms with E-state index < -0.39 is 0 Å². The summed E-state index contributed by atoms with van der Waals surface area (Å²) >= 11 is 0. The van der Waals surface area contributed by atoms with Crippen LogP contribution in [0.1, 0.15) is 12.8 Å². The Bertz CT molecular complexity index is 170. The van der Waals surface area contributed by atoms with Crippen LogP contribution in [0.3, 0.4) is 0 Å². The molecule has 5 nitrogen and oxygen atoms in total. The lowest BCUT2D eigenvalue weighted by molar-refractivity contribution is -0.0554. The zero-order chi connectivity index (χ0) is 10.7. The normalized spacial score (nSPS) is 32.4. The molecule has 0 amide bonds. The van der Waals surface area contributed by atoms with E-state index >= 15 is 0 Å². The molecule has 0 aromatic heterocycles. The van der Waals surface area contributed by atoms with Crippen molar-refractivity contribution in [2.45, 2.75) is 37.3 Å². The number of ether oxygens (including phenoxy) is 3. The molecule has 0 radical (unpaired) electrons. The highest BCUT2D eigenvalue weighted by Gasteiger charge is 2.39. The van der Waals surface area contributed by atoms with Crippen LogP contribution in [0.4, 0.5) is 0 Å². The molecule has 2 N–H and O–H groups in total. The standard InChI is InChI=1S/C10H18O5/c11-3-1-7(9-5-13-9)15-8(2-4-12)10-6-14-10/h7-12H,1-6H2. The molecule has 4 atom stereocenters. The van der Waals surface area contributed by atoms with Gasteiger partial charge in [-0.3, -0.25) is 0 Å². The molecule has 0 aromatic rings. The van der Waals surface area contributed by atoms with Gasteiger partial charge in [0.1, 0.15) is 12.2 Å². The number of aliphatic hydroxyl groups excluding tert-OH is 2. The molecule has 2 aliphatic rings. The van der Waals surface area contributed by atoms with Crippen LogP contribution in [-0.2, 0) is 14.2 Å². The van der Waals surface area contributed by atoms with Crippen LogP contribution >= 0.6 is 0 Å². The Morgan fingerprint density at radius 3 is 1.67 bits per heavy atom. The number of epoxide rings is 2. The van der Waals surface area contributed by atoms with Crippen LogP contribution in [0.5, 0.6) is 0 Å². The molecule has 0 bridgehead atoms. The van der Waals surface area contributed by atoms with Gasteiger partial charge in [0.25, 0.3) is 0 Å². The molecule has 0 saturated carbocycles. The maximum Gasteiger partial charge on any atom is 0.107 e. The Labute approximate surface area is 88.9 Å². The van der Waals surface area contributed by atoms with Gasteiger partial charge in [0.15, 0.2) is 0 Å². The van der Waals surface area contributed by atoms with Gasteiger partial charge in [-0.05, 0) is 12.8 Å². The summed E-state index contributed by atoms with van der Waals surface area (Å²) in [6.07, 6.45) is 1.29. The van der Waals surface area contributed by atoms with Gasteiger partial charge in [-0.25, -0.2) is 0 Å². The predicted octanol–water partition coefficient (Wildman–Crippen LogP) is -0.697. The number of rotatable bonds is 8. The molecular formula is C10H18O5. The zero-order valence-electron chi connectivity index (χ0n) is 8.67.